The van der Waals surface area contributed by atoms with Gasteiger partial charge in [0, 0.05) is 25.4 Å². The van der Waals surface area contributed by atoms with E-state index in [9.17, 15) is 9.59 Å². The molecule has 0 aromatic carbocycles. The first-order valence-corrected chi connectivity index (χ1v) is 8.03. The lowest BCUT2D eigenvalue weighted by Crippen LogP contribution is -2.45. The Morgan fingerprint density at radius 1 is 1.39 bits per heavy atom. The average Bonchev–Trinajstić information content (AvgIpc) is 3.01. The van der Waals surface area contributed by atoms with Crippen molar-refractivity contribution in [1.29, 1.82) is 0 Å². The van der Waals surface area contributed by atoms with E-state index in [0.717, 1.165) is 17.7 Å². The van der Waals surface area contributed by atoms with Gasteiger partial charge in [0.1, 0.15) is 5.60 Å². The fourth-order valence-electron chi connectivity index (χ4n) is 3.01. The SMILES string of the molecule is C[C@H]1Cc2noc(N3CCCC3=O)c2CN1C(=O)OC(C)(C)C. The third-order valence-corrected chi connectivity index (χ3v) is 4.14. The van der Waals surface area contributed by atoms with Gasteiger partial charge in [0.2, 0.25) is 11.8 Å². The van der Waals surface area contributed by atoms with Gasteiger partial charge in [-0.3, -0.25) is 9.69 Å². The van der Waals surface area contributed by atoms with Gasteiger partial charge in [0.15, 0.2) is 0 Å². The smallest absolute Gasteiger partial charge is 0.410 e. The molecule has 1 atom stereocenters. The van der Waals surface area contributed by atoms with Crippen molar-refractivity contribution in [3.05, 3.63) is 11.3 Å². The highest BCUT2D eigenvalue weighted by Gasteiger charge is 2.37. The standard InChI is InChI=1S/C16H23N3O4/c1-10-8-12-11(9-19(10)15(21)22-16(2,3)4)14(23-17-12)18-7-5-6-13(18)20/h10H,5-9H2,1-4H3/t10-/m0/s1. The minimum atomic E-state index is -0.542. The van der Waals surface area contributed by atoms with Crippen molar-refractivity contribution in [3.8, 4) is 0 Å². The third-order valence-electron chi connectivity index (χ3n) is 4.14. The van der Waals surface area contributed by atoms with Crippen molar-refractivity contribution in [1.82, 2.24) is 10.1 Å². The summed E-state index contributed by atoms with van der Waals surface area (Å²) in [6.07, 6.45) is 1.60. The van der Waals surface area contributed by atoms with Gasteiger partial charge >= 0.3 is 6.09 Å². The van der Waals surface area contributed by atoms with Crippen molar-refractivity contribution in [2.45, 2.75) is 65.1 Å². The van der Waals surface area contributed by atoms with E-state index in [-0.39, 0.29) is 18.0 Å². The summed E-state index contributed by atoms with van der Waals surface area (Å²) in [4.78, 5) is 27.7. The van der Waals surface area contributed by atoms with E-state index >= 15 is 0 Å². The van der Waals surface area contributed by atoms with E-state index in [2.05, 4.69) is 5.16 Å². The number of amides is 2. The van der Waals surface area contributed by atoms with E-state index in [4.69, 9.17) is 9.26 Å². The van der Waals surface area contributed by atoms with Crippen LogP contribution >= 0.6 is 0 Å². The lowest BCUT2D eigenvalue weighted by molar-refractivity contribution is -0.117. The lowest BCUT2D eigenvalue weighted by atomic mass is 10.0. The maximum atomic E-state index is 12.4. The highest BCUT2D eigenvalue weighted by molar-refractivity contribution is 5.94. The van der Waals surface area contributed by atoms with Crippen molar-refractivity contribution in [2.24, 2.45) is 0 Å². The molecule has 0 bridgehead atoms. The largest absolute Gasteiger partial charge is 0.444 e. The van der Waals surface area contributed by atoms with Crippen molar-refractivity contribution < 1.29 is 18.8 Å². The number of carbonyl (C=O) groups excluding carboxylic acids is 2. The van der Waals surface area contributed by atoms with Gasteiger partial charge in [0.25, 0.3) is 0 Å². The zero-order valence-electron chi connectivity index (χ0n) is 14.1. The van der Waals surface area contributed by atoms with Gasteiger partial charge in [-0.15, -0.1) is 0 Å². The van der Waals surface area contributed by atoms with Crippen LogP contribution in [0.15, 0.2) is 4.52 Å². The Balaban J connectivity index is 1.84. The van der Waals surface area contributed by atoms with E-state index in [1.807, 2.05) is 27.7 Å². The molecular formula is C16H23N3O4. The Morgan fingerprint density at radius 3 is 2.74 bits per heavy atom. The van der Waals surface area contributed by atoms with Crippen LogP contribution in [0.4, 0.5) is 10.7 Å². The highest BCUT2D eigenvalue weighted by Crippen LogP contribution is 2.34. The first-order valence-electron chi connectivity index (χ1n) is 8.03. The third kappa shape index (κ3) is 3.04. The molecule has 23 heavy (non-hydrogen) atoms. The Bertz CT molecular complexity index is 632. The fraction of sp³-hybridized carbons (Fsp3) is 0.688. The quantitative estimate of drug-likeness (QED) is 0.794. The van der Waals surface area contributed by atoms with Crippen LogP contribution in [0, 0.1) is 0 Å². The summed E-state index contributed by atoms with van der Waals surface area (Å²) in [6, 6.07) is -0.0235. The lowest BCUT2D eigenvalue weighted by Gasteiger charge is -2.34. The van der Waals surface area contributed by atoms with Crippen LogP contribution in [0.1, 0.15) is 51.8 Å². The average molecular weight is 321 g/mol. The summed E-state index contributed by atoms with van der Waals surface area (Å²) < 4.78 is 10.9. The molecule has 0 saturated carbocycles. The van der Waals surface area contributed by atoms with Gasteiger partial charge in [-0.2, -0.15) is 0 Å². The number of nitrogens with zero attached hydrogens (tertiary/aromatic N) is 3. The van der Waals surface area contributed by atoms with Gasteiger partial charge in [-0.05, 0) is 34.1 Å². The van der Waals surface area contributed by atoms with Crippen LogP contribution in [-0.4, -0.2) is 40.2 Å². The minimum Gasteiger partial charge on any atom is -0.444 e. The monoisotopic (exact) mass is 321 g/mol. The molecule has 1 fully saturated rings. The van der Waals surface area contributed by atoms with Crippen LogP contribution in [0.2, 0.25) is 0 Å². The van der Waals surface area contributed by atoms with Crippen molar-refractivity contribution in [3.63, 3.8) is 0 Å². The Morgan fingerprint density at radius 2 is 2.13 bits per heavy atom. The Hall–Kier alpha value is -2.05. The normalized spacial score (nSPS) is 21.6. The van der Waals surface area contributed by atoms with Crippen molar-refractivity contribution in [2.75, 3.05) is 11.4 Å². The summed E-state index contributed by atoms with van der Waals surface area (Å²) >= 11 is 0. The number of anilines is 1. The van der Waals surface area contributed by atoms with Crippen molar-refractivity contribution >= 4 is 17.9 Å². The molecular weight excluding hydrogens is 298 g/mol. The molecule has 2 aliphatic rings. The molecule has 3 rings (SSSR count). The highest BCUT2D eigenvalue weighted by atomic mass is 16.6. The van der Waals surface area contributed by atoms with Crippen LogP contribution in [0.5, 0.6) is 0 Å². The molecule has 0 radical (unpaired) electrons. The van der Waals surface area contributed by atoms with Crippen LogP contribution in [-0.2, 0) is 22.5 Å². The van der Waals surface area contributed by atoms with Gasteiger partial charge in [0.05, 0.1) is 17.8 Å². The van der Waals surface area contributed by atoms with Crippen LogP contribution in [0.3, 0.4) is 0 Å². The van der Waals surface area contributed by atoms with Gasteiger partial charge in [-0.1, -0.05) is 5.16 Å². The summed E-state index contributed by atoms with van der Waals surface area (Å²) in [6.45, 7) is 8.49. The van der Waals surface area contributed by atoms with E-state index in [1.165, 1.54) is 0 Å². The van der Waals surface area contributed by atoms with Crippen LogP contribution in [0.25, 0.3) is 0 Å². The number of fused-ring (bicyclic) bond motifs is 1. The summed E-state index contributed by atoms with van der Waals surface area (Å²) in [5, 5.41) is 4.11. The van der Waals surface area contributed by atoms with E-state index in [0.29, 0.717) is 31.8 Å². The number of aromatic nitrogens is 1. The zero-order chi connectivity index (χ0) is 16.8. The molecule has 126 valence electrons. The molecule has 0 spiro atoms. The second-order valence-corrected chi connectivity index (χ2v) is 7.22. The van der Waals surface area contributed by atoms with Crippen LogP contribution < -0.4 is 4.90 Å². The number of hydrogen-bond acceptors (Lipinski definition) is 5. The number of rotatable bonds is 1. The molecule has 1 aromatic heterocycles. The van der Waals surface area contributed by atoms with Gasteiger partial charge < -0.3 is 14.2 Å². The fourth-order valence-corrected chi connectivity index (χ4v) is 3.01. The number of carbonyl (C=O) groups is 2. The van der Waals surface area contributed by atoms with E-state index < -0.39 is 5.60 Å². The summed E-state index contributed by atoms with van der Waals surface area (Å²) in [5.41, 5.74) is 1.11. The molecule has 7 heteroatoms. The maximum Gasteiger partial charge on any atom is 0.410 e. The van der Waals surface area contributed by atoms with E-state index in [1.54, 1.807) is 9.80 Å². The second-order valence-electron chi connectivity index (χ2n) is 7.22. The molecule has 7 nitrogen and oxygen atoms in total. The first kappa shape index (κ1) is 15.8. The van der Waals surface area contributed by atoms with Gasteiger partial charge in [-0.25, -0.2) is 4.79 Å². The molecule has 1 aromatic rings. The molecule has 2 amide bonds. The maximum absolute atomic E-state index is 12.4. The number of ether oxygens (including phenoxy) is 1. The number of hydrogen-bond donors (Lipinski definition) is 0. The first-order chi connectivity index (χ1) is 10.8. The minimum absolute atomic E-state index is 0.0235. The topological polar surface area (TPSA) is 75.9 Å². The zero-order valence-corrected chi connectivity index (χ0v) is 14.1. The summed E-state index contributed by atoms with van der Waals surface area (Å²) in [7, 11) is 0. The molecule has 0 N–H and O–H groups in total. The molecule has 1 saturated heterocycles. The second kappa shape index (κ2) is 5.54. The molecule has 2 aliphatic heterocycles. The molecule has 3 heterocycles. The predicted molar refractivity (Wildman–Crippen MR) is 83.0 cm³/mol. The molecule has 0 unspecified atom stereocenters. The Kier molecular flexibility index (Phi) is 3.82. The molecule has 0 aliphatic carbocycles. The summed E-state index contributed by atoms with van der Waals surface area (Å²) in [5.74, 6) is 0.536. The Labute approximate surface area is 135 Å². The predicted octanol–water partition coefficient (Wildman–Crippen LogP) is 2.48.